The lowest BCUT2D eigenvalue weighted by molar-refractivity contribution is 0.855. The van der Waals surface area contributed by atoms with Crippen LogP contribution in [0, 0.1) is 0 Å². The van der Waals surface area contributed by atoms with E-state index < -0.39 is 11.1 Å². The standard InChI is InChI=1S/2C12H8Cl2N2O.2C2H6/c2*13-10-8-15-16(12(17)11(10)14)7-6-9-4-2-1-3-5-9;2*1-2/h2*1-8H;2*1-2H3/b2*7-6+;;. The second kappa shape index (κ2) is 18.2. The Bertz CT molecular complexity index is 1320. The summed E-state index contributed by atoms with van der Waals surface area (Å²) in [7, 11) is 0. The summed E-state index contributed by atoms with van der Waals surface area (Å²) in [4.78, 5) is 23.3. The molecule has 2 aromatic carbocycles. The smallest absolute Gasteiger partial charge is 0.266 e. The Balaban J connectivity index is 0.000000336. The molecule has 0 bridgehead atoms. The van der Waals surface area contributed by atoms with Crippen LogP contribution in [0.1, 0.15) is 38.8 Å². The first-order chi connectivity index (χ1) is 18.4. The van der Waals surface area contributed by atoms with Crippen molar-refractivity contribution < 1.29 is 0 Å². The monoisotopic (exact) mass is 592 g/mol. The van der Waals surface area contributed by atoms with Gasteiger partial charge in [-0.25, -0.2) is 9.36 Å². The van der Waals surface area contributed by atoms with E-state index in [4.69, 9.17) is 46.4 Å². The molecular formula is C28H28Cl4N4O2. The molecule has 0 aliphatic rings. The van der Waals surface area contributed by atoms with E-state index in [0.717, 1.165) is 20.5 Å². The van der Waals surface area contributed by atoms with Crippen molar-refractivity contribution in [3.8, 4) is 0 Å². The van der Waals surface area contributed by atoms with Gasteiger partial charge in [0.25, 0.3) is 11.1 Å². The van der Waals surface area contributed by atoms with Crippen LogP contribution in [0.4, 0.5) is 0 Å². The molecule has 0 fully saturated rings. The van der Waals surface area contributed by atoms with Crippen molar-refractivity contribution in [2.45, 2.75) is 27.7 Å². The van der Waals surface area contributed by atoms with Gasteiger partial charge in [0.05, 0.1) is 22.4 Å². The Hall–Kier alpha value is -3.16. The zero-order valence-electron chi connectivity index (χ0n) is 21.4. The van der Waals surface area contributed by atoms with Gasteiger partial charge in [-0.1, -0.05) is 135 Å². The van der Waals surface area contributed by atoms with Crippen molar-refractivity contribution in [1.82, 2.24) is 19.6 Å². The molecule has 4 rings (SSSR count). The number of halogens is 4. The molecule has 200 valence electrons. The van der Waals surface area contributed by atoms with Crippen LogP contribution < -0.4 is 11.1 Å². The second-order valence-corrected chi connectivity index (χ2v) is 8.14. The lowest BCUT2D eigenvalue weighted by Gasteiger charge is -1.99. The van der Waals surface area contributed by atoms with Gasteiger partial charge in [-0.3, -0.25) is 9.59 Å². The minimum atomic E-state index is -0.439. The Labute approximate surface area is 242 Å². The average molecular weight is 594 g/mol. The highest BCUT2D eigenvalue weighted by atomic mass is 35.5. The van der Waals surface area contributed by atoms with E-state index in [1.165, 1.54) is 12.4 Å². The number of nitrogens with zero attached hydrogens (tertiary/aromatic N) is 4. The maximum atomic E-state index is 11.6. The molecule has 38 heavy (non-hydrogen) atoms. The predicted octanol–water partition coefficient (Wildman–Crippen LogP) is 8.41. The fraction of sp³-hybridized carbons (Fsp3) is 0.143. The summed E-state index contributed by atoms with van der Waals surface area (Å²) in [5, 5.41) is 7.96. The van der Waals surface area contributed by atoms with E-state index in [0.29, 0.717) is 0 Å². The highest BCUT2D eigenvalue weighted by Gasteiger charge is 2.05. The summed E-state index contributed by atoms with van der Waals surface area (Å²) in [6.07, 6.45) is 9.28. The summed E-state index contributed by atoms with van der Waals surface area (Å²) >= 11 is 22.8. The van der Waals surface area contributed by atoms with Crippen LogP contribution in [0.3, 0.4) is 0 Å². The first kappa shape index (κ1) is 32.9. The molecule has 0 aliphatic heterocycles. The van der Waals surface area contributed by atoms with Crippen molar-refractivity contribution in [3.05, 3.63) is 125 Å². The fourth-order valence-electron chi connectivity index (χ4n) is 2.50. The molecule has 2 heterocycles. The number of hydrogen-bond donors (Lipinski definition) is 0. The van der Waals surface area contributed by atoms with Crippen molar-refractivity contribution in [3.63, 3.8) is 0 Å². The lowest BCUT2D eigenvalue weighted by Crippen LogP contribution is -2.18. The molecule has 0 aliphatic carbocycles. The van der Waals surface area contributed by atoms with Gasteiger partial charge in [-0.15, -0.1) is 0 Å². The first-order valence-electron chi connectivity index (χ1n) is 11.7. The quantitative estimate of drug-likeness (QED) is 0.238. The van der Waals surface area contributed by atoms with Crippen molar-refractivity contribution >= 4 is 71.0 Å². The van der Waals surface area contributed by atoms with Gasteiger partial charge in [-0.05, 0) is 23.3 Å². The molecule has 0 saturated carbocycles. The molecule has 4 aromatic rings. The molecule has 0 N–H and O–H groups in total. The van der Waals surface area contributed by atoms with Gasteiger partial charge >= 0.3 is 0 Å². The molecule has 0 amide bonds. The first-order valence-corrected chi connectivity index (χ1v) is 13.2. The van der Waals surface area contributed by atoms with Crippen molar-refractivity contribution in [1.29, 1.82) is 0 Å². The minimum absolute atomic E-state index is 0.0284. The van der Waals surface area contributed by atoms with Crippen LogP contribution in [0.5, 0.6) is 0 Å². The van der Waals surface area contributed by atoms with E-state index in [1.807, 2.05) is 88.4 Å². The van der Waals surface area contributed by atoms with E-state index in [-0.39, 0.29) is 20.1 Å². The Kier molecular flexibility index (Phi) is 15.7. The van der Waals surface area contributed by atoms with Crippen LogP contribution in [0.15, 0.2) is 82.6 Å². The molecule has 0 saturated heterocycles. The molecule has 0 radical (unpaired) electrons. The Morgan fingerprint density at radius 3 is 1.21 bits per heavy atom. The maximum absolute atomic E-state index is 11.6. The molecule has 6 nitrogen and oxygen atoms in total. The SMILES string of the molecule is CC.CC.O=c1c(Cl)c(Cl)cnn1/C=C/c1ccccc1.O=c1c(Cl)c(Cl)cnn1/C=C/c1ccccc1. The Morgan fingerprint density at radius 1 is 0.579 bits per heavy atom. The van der Waals surface area contributed by atoms with Crippen molar-refractivity contribution in [2.75, 3.05) is 0 Å². The molecule has 0 spiro atoms. The van der Waals surface area contributed by atoms with E-state index >= 15 is 0 Å². The number of rotatable bonds is 4. The molecule has 0 unspecified atom stereocenters. The number of hydrogen-bond acceptors (Lipinski definition) is 4. The van der Waals surface area contributed by atoms with Gasteiger partial charge in [0.15, 0.2) is 0 Å². The second-order valence-electron chi connectivity index (χ2n) is 6.57. The molecule has 2 aromatic heterocycles. The minimum Gasteiger partial charge on any atom is -0.266 e. The Morgan fingerprint density at radius 2 is 0.895 bits per heavy atom. The van der Waals surface area contributed by atoms with Crippen LogP contribution in [0.25, 0.3) is 24.6 Å². The summed E-state index contributed by atoms with van der Waals surface area (Å²) in [5.74, 6) is 0. The predicted molar refractivity (Wildman–Crippen MR) is 163 cm³/mol. The van der Waals surface area contributed by atoms with E-state index in [1.54, 1.807) is 24.6 Å². The fourth-order valence-corrected chi connectivity index (χ4v) is 3.02. The van der Waals surface area contributed by atoms with E-state index in [9.17, 15) is 9.59 Å². The summed E-state index contributed by atoms with van der Waals surface area (Å²) in [6, 6.07) is 19.1. The van der Waals surface area contributed by atoms with Gasteiger partial charge in [0.2, 0.25) is 0 Å². The summed E-state index contributed by atoms with van der Waals surface area (Å²) < 4.78 is 2.28. The van der Waals surface area contributed by atoms with Gasteiger partial charge < -0.3 is 0 Å². The third-order valence-corrected chi connectivity index (χ3v) is 5.71. The zero-order valence-corrected chi connectivity index (χ0v) is 24.4. The third-order valence-electron chi connectivity index (χ3n) is 4.22. The van der Waals surface area contributed by atoms with Crippen molar-refractivity contribution in [2.24, 2.45) is 0 Å². The highest BCUT2D eigenvalue weighted by Crippen LogP contribution is 2.15. The average Bonchev–Trinajstić information content (AvgIpc) is 2.97. The maximum Gasteiger partial charge on any atom is 0.291 e. The summed E-state index contributed by atoms with van der Waals surface area (Å²) in [6.45, 7) is 8.00. The molecule has 10 heteroatoms. The molecule has 0 atom stereocenters. The molecular weight excluding hydrogens is 566 g/mol. The highest BCUT2D eigenvalue weighted by molar-refractivity contribution is 6.42. The largest absolute Gasteiger partial charge is 0.291 e. The van der Waals surface area contributed by atoms with Crippen LogP contribution in [0.2, 0.25) is 20.1 Å². The lowest BCUT2D eigenvalue weighted by atomic mass is 10.2. The van der Waals surface area contributed by atoms with Crippen LogP contribution in [-0.2, 0) is 0 Å². The van der Waals surface area contributed by atoms with Gasteiger partial charge in [0.1, 0.15) is 10.0 Å². The van der Waals surface area contributed by atoms with Gasteiger partial charge in [0, 0.05) is 12.4 Å². The number of benzene rings is 2. The van der Waals surface area contributed by atoms with Crippen LogP contribution in [-0.4, -0.2) is 19.6 Å². The topological polar surface area (TPSA) is 69.8 Å². The number of aromatic nitrogens is 4. The zero-order chi connectivity index (χ0) is 28.5. The van der Waals surface area contributed by atoms with E-state index in [2.05, 4.69) is 10.2 Å². The van der Waals surface area contributed by atoms with Crippen LogP contribution >= 0.6 is 46.4 Å². The third kappa shape index (κ3) is 10.3. The normalized spacial score (nSPS) is 10.1. The summed E-state index contributed by atoms with van der Waals surface area (Å²) in [5.41, 5.74) is 1.05. The van der Waals surface area contributed by atoms with Gasteiger partial charge in [-0.2, -0.15) is 10.2 Å².